The summed E-state index contributed by atoms with van der Waals surface area (Å²) in [5, 5.41) is 13.4. The van der Waals surface area contributed by atoms with E-state index in [1.165, 1.54) is 0 Å². The Morgan fingerprint density at radius 3 is 2.78 bits per heavy atom. The van der Waals surface area contributed by atoms with Crippen molar-refractivity contribution in [2.24, 2.45) is 0 Å². The van der Waals surface area contributed by atoms with Gasteiger partial charge in [0, 0.05) is 35.9 Å². The lowest BCUT2D eigenvalue weighted by Gasteiger charge is -2.28. The highest BCUT2D eigenvalue weighted by molar-refractivity contribution is 6.31. The number of hydrogen-bond donors (Lipinski definition) is 2. The maximum atomic E-state index is 9.25. The van der Waals surface area contributed by atoms with Crippen LogP contribution >= 0.6 is 11.6 Å². The third-order valence-electron chi connectivity index (χ3n) is 3.13. The molecule has 18 heavy (non-hydrogen) atoms. The molecule has 1 rings (SSSR count). The molecule has 4 heteroatoms. The first-order chi connectivity index (χ1) is 8.61. The second-order valence-electron chi connectivity index (χ2n) is 4.56. The summed E-state index contributed by atoms with van der Waals surface area (Å²) >= 11 is 6.27. The largest absolute Gasteiger partial charge is 0.394 e. The van der Waals surface area contributed by atoms with E-state index in [2.05, 4.69) is 17.1 Å². The van der Waals surface area contributed by atoms with Crippen molar-refractivity contribution in [1.29, 1.82) is 0 Å². The molecular formula is C14H23ClN2O. The van der Waals surface area contributed by atoms with Crippen LogP contribution in [0.3, 0.4) is 0 Å². The lowest BCUT2D eigenvalue weighted by atomic mass is 10.1. The molecule has 0 aliphatic rings. The van der Waals surface area contributed by atoms with Crippen LogP contribution in [0.15, 0.2) is 18.2 Å². The molecule has 0 bridgehead atoms. The highest BCUT2D eigenvalue weighted by atomic mass is 35.5. The molecule has 0 radical (unpaired) electrons. The smallest absolute Gasteiger partial charge is 0.0632 e. The average Bonchev–Trinajstić information content (AvgIpc) is 2.39. The Labute approximate surface area is 115 Å². The SMILES string of the molecule is CCCNCc1c(Cl)cccc1N(C)C(C)CO. The number of halogens is 1. The van der Waals surface area contributed by atoms with Gasteiger partial charge in [-0.05, 0) is 32.0 Å². The van der Waals surface area contributed by atoms with Crippen LogP contribution in [-0.2, 0) is 6.54 Å². The van der Waals surface area contributed by atoms with E-state index in [0.717, 1.165) is 35.8 Å². The van der Waals surface area contributed by atoms with Crippen molar-refractivity contribution in [1.82, 2.24) is 5.32 Å². The minimum Gasteiger partial charge on any atom is -0.394 e. The van der Waals surface area contributed by atoms with Crippen LogP contribution in [0.25, 0.3) is 0 Å². The highest BCUT2D eigenvalue weighted by Gasteiger charge is 2.14. The van der Waals surface area contributed by atoms with Crippen molar-refractivity contribution >= 4 is 17.3 Å². The van der Waals surface area contributed by atoms with Crippen LogP contribution < -0.4 is 10.2 Å². The van der Waals surface area contributed by atoms with Gasteiger partial charge in [-0.2, -0.15) is 0 Å². The van der Waals surface area contributed by atoms with Crippen LogP contribution in [0.2, 0.25) is 5.02 Å². The van der Waals surface area contributed by atoms with Crippen molar-refractivity contribution in [2.45, 2.75) is 32.9 Å². The van der Waals surface area contributed by atoms with Crippen LogP contribution in [-0.4, -0.2) is 31.3 Å². The van der Waals surface area contributed by atoms with E-state index in [-0.39, 0.29) is 12.6 Å². The Kier molecular flexibility index (Phi) is 6.47. The minimum absolute atomic E-state index is 0.0772. The quantitative estimate of drug-likeness (QED) is 0.748. The summed E-state index contributed by atoms with van der Waals surface area (Å²) in [6.45, 7) is 5.99. The van der Waals surface area contributed by atoms with Gasteiger partial charge in [0.15, 0.2) is 0 Å². The summed E-state index contributed by atoms with van der Waals surface area (Å²) in [5.41, 5.74) is 2.17. The van der Waals surface area contributed by atoms with Gasteiger partial charge in [-0.25, -0.2) is 0 Å². The lowest BCUT2D eigenvalue weighted by Crippen LogP contribution is -2.33. The lowest BCUT2D eigenvalue weighted by molar-refractivity contribution is 0.270. The molecule has 3 nitrogen and oxygen atoms in total. The molecule has 0 aliphatic heterocycles. The third-order valence-corrected chi connectivity index (χ3v) is 3.48. The molecule has 0 fully saturated rings. The van der Waals surface area contributed by atoms with Crippen LogP contribution in [0, 0.1) is 0 Å². The van der Waals surface area contributed by atoms with Gasteiger partial charge in [0.1, 0.15) is 0 Å². The number of nitrogens with one attached hydrogen (secondary N) is 1. The summed E-state index contributed by atoms with van der Waals surface area (Å²) in [4.78, 5) is 2.06. The topological polar surface area (TPSA) is 35.5 Å². The van der Waals surface area contributed by atoms with Gasteiger partial charge in [-0.15, -0.1) is 0 Å². The predicted molar refractivity (Wildman–Crippen MR) is 78.4 cm³/mol. The summed E-state index contributed by atoms with van der Waals surface area (Å²) in [5.74, 6) is 0. The molecule has 1 atom stereocenters. The second-order valence-corrected chi connectivity index (χ2v) is 4.96. The Morgan fingerprint density at radius 1 is 1.44 bits per heavy atom. The van der Waals surface area contributed by atoms with Crippen molar-refractivity contribution < 1.29 is 5.11 Å². The van der Waals surface area contributed by atoms with E-state index in [0.29, 0.717) is 0 Å². The number of aliphatic hydroxyl groups excluding tert-OH is 1. The van der Waals surface area contributed by atoms with Gasteiger partial charge in [0.25, 0.3) is 0 Å². The predicted octanol–water partition coefficient (Wildman–Crippen LogP) is 2.66. The van der Waals surface area contributed by atoms with E-state index in [9.17, 15) is 5.11 Å². The van der Waals surface area contributed by atoms with E-state index in [1.807, 2.05) is 32.2 Å². The van der Waals surface area contributed by atoms with Gasteiger partial charge >= 0.3 is 0 Å². The summed E-state index contributed by atoms with van der Waals surface area (Å²) in [7, 11) is 1.98. The summed E-state index contributed by atoms with van der Waals surface area (Å²) in [6.07, 6.45) is 1.10. The van der Waals surface area contributed by atoms with E-state index in [1.54, 1.807) is 0 Å². The molecule has 0 amide bonds. The average molecular weight is 271 g/mol. The van der Waals surface area contributed by atoms with Gasteiger partial charge in [-0.3, -0.25) is 0 Å². The van der Waals surface area contributed by atoms with E-state index < -0.39 is 0 Å². The van der Waals surface area contributed by atoms with Gasteiger partial charge in [-0.1, -0.05) is 24.6 Å². The molecule has 1 aromatic rings. The van der Waals surface area contributed by atoms with E-state index in [4.69, 9.17) is 11.6 Å². The van der Waals surface area contributed by atoms with Crippen molar-refractivity contribution in [2.75, 3.05) is 25.1 Å². The Hall–Kier alpha value is -0.770. The fraction of sp³-hybridized carbons (Fsp3) is 0.571. The molecular weight excluding hydrogens is 248 g/mol. The third kappa shape index (κ3) is 3.87. The van der Waals surface area contributed by atoms with Crippen LogP contribution in [0.1, 0.15) is 25.8 Å². The van der Waals surface area contributed by atoms with Crippen LogP contribution in [0.4, 0.5) is 5.69 Å². The van der Waals surface area contributed by atoms with Crippen molar-refractivity contribution in [3.63, 3.8) is 0 Å². The number of benzene rings is 1. The van der Waals surface area contributed by atoms with Crippen LogP contribution in [0.5, 0.6) is 0 Å². The standard InChI is InChI=1S/C14H23ClN2O/c1-4-8-16-9-12-13(15)6-5-7-14(12)17(3)11(2)10-18/h5-7,11,16,18H,4,8-10H2,1-3H3. The number of rotatable bonds is 7. The van der Waals surface area contributed by atoms with Gasteiger partial charge in [0.05, 0.1) is 6.61 Å². The van der Waals surface area contributed by atoms with Crippen molar-refractivity contribution in [3.8, 4) is 0 Å². The Balaban J connectivity index is 2.92. The summed E-state index contributed by atoms with van der Waals surface area (Å²) in [6, 6.07) is 5.97. The first kappa shape index (κ1) is 15.3. The normalized spacial score (nSPS) is 12.5. The number of anilines is 1. The fourth-order valence-electron chi connectivity index (χ4n) is 1.80. The fourth-order valence-corrected chi connectivity index (χ4v) is 2.04. The summed E-state index contributed by atoms with van der Waals surface area (Å²) < 4.78 is 0. The first-order valence-corrected chi connectivity index (χ1v) is 6.81. The number of hydrogen-bond acceptors (Lipinski definition) is 3. The molecule has 0 saturated carbocycles. The first-order valence-electron chi connectivity index (χ1n) is 6.43. The molecule has 0 heterocycles. The van der Waals surface area contributed by atoms with Gasteiger partial charge < -0.3 is 15.3 Å². The second kappa shape index (κ2) is 7.62. The molecule has 0 saturated heterocycles. The van der Waals surface area contributed by atoms with Crippen molar-refractivity contribution in [3.05, 3.63) is 28.8 Å². The zero-order valence-electron chi connectivity index (χ0n) is 11.4. The zero-order chi connectivity index (χ0) is 13.5. The minimum atomic E-state index is 0.0772. The molecule has 102 valence electrons. The molecule has 1 unspecified atom stereocenters. The van der Waals surface area contributed by atoms with E-state index >= 15 is 0 Å². The molecule has 0 aromatic heterocycles. The molecule has 2 N–H and O–H groups in total. The number of nitrogens with zero attached hydrogens (tertiary/aromatic N) is 1. The zero-order valence-corrected chi connectivity index (χ0v) is 12.2. The van der Waals surface area contributed by atoms with Gasteiger partial charge in [0.2, 0.25) is 0 Å². The Bertz CT molecular complexity index is 371. The maximum absolute atomic E-state index is 9.25. The highest BCUT2D eigenvalue weighted by Crippen LogP contribution is 2.27. The monoisotopic (exact) mass is 270 g/mol. The molecule has 0 aliphatic carbocycles. The number of likely N-dealkylation sites (N-methyl/N-ethyl adjacent to an activating group) is 1. The molecule has 0 spiro atoms. The Morgan fingerprint density at radius 2 is 2.17 bits per heavy atom. The molecule has 1 aromatic carbocycles. The number of aliphatic hydroxyl groups is 1. The maximum Gasteiger partial charge on any atom is 0.0632 e.